The number of halogens is 1. The van der Waals surface area contributed by atoms with Crippen LogP contribution in [0.15, 0.2) is 48.5 Å². The number of anilines is 1. The highest BCUT2D eigenvalue weighted by Gasteiger charge is 2.11. The van der Waals surface area contributed by atoms with Crippen molar-refractivity contribution < 1.29 is 14.4 Å². The number of likely N-dealkylation sites (N-methyl/N-ethyl adjacent to an activating group) is 1. The number of benzene rings is 2. The van der Waals surface area contributed by atoms with Gasteiger partial charge in [0.2, 0.25) is 0 Å². The molecule has 5 heteroatoms. The summed E-state index contributed by atoms with van der Waals surface area (Å²) in [5.41, 5.74) is 1.88. The van der Waals surface area contributed by atoms with E-state index in [1.54, 1.807) is 7.11 Å². The Labute approximate surface area is 135 Å². The van der Waals surface area contributed by atoms with Gasteiger partial charge in [0.15, 0.2) is 6.54 Å². The summed E-state index contributed by atoms with van der Waals surface area (Å²) in [5, 5.41) is 3.60. The lowest BCUT2D eigenvalue weighted by atomic mass is 10.2. The van der Waals surface area contributed by atoms with Gasteiger partial charge in [-0.1, -0.05) is 23.7 Å². The Balaban J connectivity index is 1.85. The van der Waals surface area contributed by atoms with Crippen LogP contribution in [0.4, 0.5) is 5.69 Å². The second kappa shape index (κ2) is 7.82. The van der Waals surface area contributed by atoms with Crippen LogP contribution in [-0.4, -0.2) is 26.6 Å². The molecule has 0 aliphatic heterocycles. The molecule has 0 spiro atoms. The third-order valence-electron chi connectivity index (χ3n) is 3.23. The molecule has 0 heterocycles. The van der Waals surface area contributed by atoms with Crippen LogP contribution in [0.25, 0.3) is 0 Å². The molecule has 0 aromatic heterocycles. The van der Waals surface area contributed by atoms with Crippen molar-refractivity contribution in [3.8, 4) is 5.75 Å². The summed E-state index contributed by atoms with van der Waals surface area (Å²) in [6, 6.07) is 15.0. The molecule has 116 valence electrons. The number of nitrogens with one attached hydrogen (secondary N) is 2. The zero-order valence-electron chi connectivity index (χ0n) is 12.7. The van der Waals surface area contributed by atoms with Crippen LogP contribution in [0.3, 0.4) is 0 Å². The molecule has 2 rings (SSSR count). The zero-order valence-corrected chi connectivity index (χ0v) is 13.5. The summed E-state index contributed by atoms with van der Waals surface area (Å²) >= 11 is 5.97. The molecular weight excluding hydrogens is 300 g/mol. The molecule has 1 unspecified atom stereocenters. The Morgan fingerprint density at radius 1 is 1.23 bits per heavy atom. The van der Waals surface area contributed by atoms with Gasteiger partial charge in [0, 0.05) is 16.3 Å². The summed E-state index contributed by atoms with van der Waals surface area (Å²) in [4.78, 5) is 13.1. The first-order valence-corrected chi connectivity index (χ1v) is 7.44. The summed E-state index contributed by atoms with van der Waals surface area (Å²) in [5.74, 6) is 0.742. The fraction of sp³-hybridized carbons (Fsp3) is 0.235. The third kappa shape index (κ3) is 5.06. The van der Waals surface area contributed by atoms with Crippen LogP contribution >= 0.6 is 11.6 Å². The van der Waals surface area contributed by atoms with Crippen LogP contribution in [0.5, 0.6) is 5.75 Å². The van der Waals surface area contributed by atoms with Crippen LogP contribution in [-0.2, 0) is 11.3 Å². The number of carbonyl (C=O) groups excluding carboxylic acids is 1. The molecule has 0 radical (unpaired) electrons. The Morgan fingerprint density at radius 3 is 2.59 bits per heavy atom. The Morgan fingerprint density at radius 2 is 1.95 bits per heavy atom. The van der Waals surface area contributed by atoms with E-state index in [4.69, 9.17) is 16.3 Å². The monoisotopic (exact) mass is 319 g/mol. The van der Waals surface area contributed by atoms with Gasteiger partial charge in [-0.05, 0) is 36.4 Å². The molecule has 4 nitrogen and oxygen atoms in total. The molecule has 1 amide bonds. The number of ether oxygens (including phenoxy) is 1. The van der Waals surface area contributed by atoms with Gasteiger partial charge in [-0.15, -0.1) is 0 Å². The van der Waals surface area contributed by atoms with Crippen LogP contribution < -0.4 is 15.0 Å². The summed E-state index contributed by atoms with van der Waals surface area (Å²) in [7, 11) is 3.59. The molecule has 2 aromatic carbocycles. The minimum Gasteiger partial charge on any atom is -0.497 e. The molecule has 0 saturated carbocycles. The quantitative estimate of drug-likeness (QED) is 0.855. The van der Waals surface area contributed by atoms with Crippen molar-refractivity contribution >= 4 is 23.2 Å². The number of methoxy groups -OCH3 is 1. The molecule has 22 heavy (non-hydrogen) atoms. The average molecular weight is 320 g/mol. The third-order valence-corrected chi connectivity index (χ3v) is 3.47. The summed E-state index contributed by atoms with van der Waals surface area (Å²) in [6.07, 6.45) is 0. The molecule has 2 N–H and O–H groups in total. The molecule has 0 aliphatic carbocycles. The van der Waals surface area contributed by atoms with E-state index < -0.39 is 0 Å². The molecule has 0 fully saturated rings. The number of hydrogen-bond acceptors (Lipinski definition) is 2. The first kappa shape index (κ1) is 16.3. The fourth-order valence-electron chi connectivity index (χ4n) is 2.21. The van der Waals surface area contributed by atoms with Crippen molar-refractivity contribution in [3.05, 3.63) is 59.1 Å². The lowest BCUT2D eigenvalue weighted by molar-refractivity contribution is -0.885. The summed E-state index contributed by atoms with van der Waals surface area (Å²) in [6.45, 7) is 1.13. The maximum absolute atomic E-state index is 12.0. The van der Waals surface area contributed by atoms with E-state index >= 15 is 0 Å². The van der Waals surface area contributed by atoms with Gasteiger partial charge < -0.3 is 15.0 Å². The first-order chi connectivity index (χ1) is 10.6. The Hall–Kier alpha value is -2.04. The molecule has 2 aromatic rings. The highest BCUT2D eigenvalue weighted by molar-refractivity contribution is 6.30. The van der Waals surface area contributed by atoms with Crippen LogP contribution in [0.1, 0.15) is 5.56 Å². The van der Waals surface area contributed by atoms with E-state index in [1.807, 2.05) is 55.6 Å². The molecule has 0 aliphatic rings. The van der Waals surface area contributed by atoms with E-state index in [9.17, 15) is 4.79 Å². The zero-order chi connectivity index (χ0) is 15.9. The van der Waals surface area contributed by atoms with Gasteiger partial charge in [0.25, 0.3) is 5.91 Å². The Kier molecular flexibility index (Phi) is 5.81. The van der Waals surface area contributed by atoms with E-state index in [1.165, 1.54) is 0 Å². The van der Waals surface area contributed by atoms with Gasteiger partial charge in [-0.3, -0.25) is 4.79 Å². The van der Waals surface area contributed by atoms with Crippen LogP contribution in [0.2, 0.25) is 5.02 Å². The molecule has 0 bridgehead atoms. The van der Waals surface area contributed by atoms with Gasteiger partial charge in [-0.2, -0.15) is 0 Å². The van der Waals surface area contributed by atoms with Crippen molar-refractivity contribution in [2.45, 2.75) is 6.54 Å². The maximum Gasteiger partial charge on any atom is 0.279 e. The second-order valence-corrected chi connectivity index (χ2v) is 5.65. The molecule has 1 atom stereocenters. The average Bonchev–Trinajstić information content (AvgIpc) is 2.47. The lowest BCUT2D eigenvalue weighted by Crippen LogP contribution is -3.08. The smallest absolute Gasteiger partial charge is 0.279 e. The molecular formula is C17H20ClN2O2+. The fourth-order valence-corrected chi connectivity index (χ4v) is 2.42. The Bertz CT molecular complexity index is 629. The first-order valence-electron chi connectivity index (χ1n) is 7.06. The number of carbonyl (C=O) groups is 1. The molecule has 0 saturated heterocycles. The van der Waals surface area contributed by atoms with Crippen LogP contribution in [0, 0.1) is 0 Å². The predicted molar refractivity (Wildman–Crippen MR) is 88.5 cm³/mol. The highest BCUT2D eigenvalue weighted by atomic mass is 35.5. The minimum atomic E-state index is -0.0234. The number of rotatable bonds is 6. The van der Waals surface area contributed by atoms with E-state index in [0.29, 0.717) is 11.6 Å². The topological polar surface area (TPSA) is 42.8 Å². The van der Waals surface area contributed by atoms with E-state index in [2.05, 4.69) is 5.32 Å². The van der Waals surface area contributed by atoms with Gasteiger partial charge in [0.05, 0.1) is 14.2 Å². The van der Waals surface area contributed by atoms with Gasteiger partial charge >= 0.3 is 0 Å². The van der Waals surface area contributed by atoms with Crippen molar-refractivity contribution in [2.24, 2.45) is 0 Å². The highest BCUT2D eigenvalue weighted by Crippen LogP contribution is 2.14. The lowest BCUT2D eigenvalue weighted by Gasteiger charge is -2.14. The van der Waals surface area contributed by atoms with Crippen molar-refractivity contribution in [1.29, 1.82) is 0 Å². The standard InChI is InChI=1S/C17H19ClN2O2/c1-20(11-13-4-3-5-14(18)10-13)12-17(21)19-15-6-8-16(22-2)9-7-15/h3-10H,11-12H2,1-2H3,(H,19,21)/p+1. The van der Waals surface area contributed by atoms with Crippen molar-refractivity contribution in [1.82, 2.24) is 0 Å². The second-order valence-electron chi connectivity index (χ2n) is 5.22. The number of quaternary nitrogens is 1. The van der Waals surface area contributed by atoms with Crippen molar-refractivity contribution in [3.63, 3.8) is 0 Å². The van der Waals surface area contributed by atoms with E-state index in [-0.39, 0.29) is 5.91 Å². The number of amides is 1. The maximum atomic E-state index is 12.0. The SMILES string of the molecule is COc1ccc(NC(=O)C[NH+](C)Cc2cccc(Cl)c2)cc1. The normalized spacial score (nSPS) is 11.8. The predicted octanol–water partition coefficient (Wildman–Crippen LogP) is 2.00. The largest absolute Gasteiger partial charge is 0.497 e. The summed E-state index contributed by atoms with van der Waals surface area (Å²) < 4.78 is 5.09. The van der Waals surface area contributed by atoms with Crippen molar-refractivity contribution in [2.75, 3.05) is 26.0 Å². The van der Waals surface area contributed by atoms with Gasteiger partial charge in [-0.25, -0.2) is 0 Å². The van der Waals surface area contributed by atoms with E-state index in [0.717, 1.165) is 28.4 Å². The minimum absolute atomic E-state index is 0.0234. The van der Waals surface area contributed by atoms with Gasteiger partial charge in [0.1, 0.15) is 12.3 Å². The number of hydrogen-bond donors (Lipinski definition) is 2.